The van der Waals surface area contributed by atoms with Gasteiger partial charge in [-0.3, -0.25) is 19.9 Å². The summed E-state index contributed by atoms with van der Waals surface area (Å²) in [6.07, 6.45) is 6.83. The van der Waals surface area contributed by atoms with E-state index in [2.05, 4.69) is 30.5 Å². The molecule has 1 aromatic carbocycles. The molecule has 2 aromatic heterocycles. The van der Waals surface area contributed by atoms with Crippen molar-refractivity contribution < 1.29 is 29.0 Å². The van der Waals surface area contributed by atoms with Crippen molar-refractivity contribution in [3.05, 3.63) is 64.5 Å². The molecule has 0 radical (unpaired) electrons. The van der Waals surface area contributed by atoms with Gasteiger partial charge in [-0.25, -0.2) is 14.8 Å². The number of nitrogens with zero attached hydrogens (tertiary/aromatic N) is 4. The molecule has 210 valence electrons. The van der Waals surface area contributed by atoms with Gasteiger partial charge in [0.2, 0.25) is 12.7 Å². The Bertz CT molecular complexity index is 1550. The third kappa shape index (κ3) is 6.00. The number of aromatic carboxylic acids is 1. The van der Waals surface area contributed by atoms with Crippen LogP contribution in [0.5, 0.6) is 11.5 Å². The fourth-order valence-electron chi connectivity index (χ4n) is 4.95. The van der Waals surface area contributed by atoms with Crippen molar-refractivity contribution in [2.24, 2.45) is 5.92 Å². The highest BCUT2D eigenvalue weighted by Crippen LogP contribution is 2.36. The first kappa shape index (κ1) is 26.7. The average Bonchev–Trinajstić information content (AvgIpc) is 3.58. The molecule has 0 saturated carbocycles. The molecule has 3 N–H and O–H groups in total. The molecule has 0 spiro atoms. The van der Waals surface area contributed by atoms with Crippen LogP contribution in [0.25, 0.3) is 17.3 Å². The molecule has 13 heteroatoms. The molecule has 0 bridgehead atoms. The quantitative estimate of drug-likeness (QED) is 0.338. The van der Waals surface area contributed by atoms with Crippen LogP contribution in [-0.4, -0.2) is 63.6 Å². The van der Waals surface area contributed by atoms with Crippen LogP contribution in [0.2, 0.25) is 0 Å². The maximum Gasteiger partial charge on any atom is 0.337 e. The summed E-state index contributed by atoms with van der Waals surface area (Å²) in [7, 11) is 0. The Morgan fingerprint density at radius 1 is 1.15 bits per heavy atom. The van der Waals surface area contributed by atoms with Gasteiger partial charge in [0.1, 0.15) is 0 Å². The third-order valence-corrected chi connectivity index (χ3v) is 7.88. The average molecular weight is 575 g/mol. The first-order valence-corrected chi connectivity index (χ1v) is 13.9. The number of carbonyl (C=O) groups is 3. The summed E-state index contributed by atoms with van der Waals surface area (Å²) in [5.74, 6) is 0.786. The smallest absolute Gasteiger partial charge is 0.337 e. The molecule has 3 aliphatic heterocycles. The topological polar surface area (TPSA) is 156 Å². The van der Waals surface area contributed by atoms with Crippen molar-refractivity contribution >= 4 is 40.9 Å². The van der Waals surface area contributed by atoms with E-state index in [9.17, 15) is 19.5 Å². The zero-order chi connectivity index (χ0) is 28.3. The van der Waals surface area contributed by atoms with E-state index >= 15 is 0 Å². The normalized spacial score (nSPS) is 17.8. The number of pyridine rings is 1. The molecule has 2 fully saturated rings. The van der Waals surface area contributed by atoms with Crippen molar-refractivity contribution in [3.8, 4) is 22.8 Å². The molecule has 0 atom stereocenters. The summed E-state index contributed by atoms with van der Waals surface area (Å²) in [4.78, 5) is 51.1. The van der Waals surface area contributed by atoms with Gasteiger partial charge in [0.25, 0.3) is 11.1 Å². The molecule has 0 aliphatic carbocycles. The lowest BCUT2D eigenvalue weighted by Crippen LogP contribution is -2.38. The number of hydrogen-bond donors (Lipinski definition) is 3. The van der Waals surface area contributed by atoms with Gasteiger partial charge in [0.05, 0.1) is 21.9 Å². The number of anilines is 1. The maximum absolute atomic E-state index is 12.0. The van der Waals surface area contributed by atoms with Crippen molar-refractivity contribution in [1.82, 2.24) is 25.6 Å². The number of hydrogen-bond acceptors (Lipinski definition) is 11. The van der Waals surface area contributed by atoms with E-state index in [-0.39, 0.29) is 17.6 Å². The molecular formula is C28H26N6O6S. The largest absolute Gasteiger partial charge is 0.478 e. The monoisotopic (exact) mass is 574 g/mol. The molecule has 0 unspecified atom stereocenters. The van der Waals surface area contributed by atoms with Crippen molar-refractivity contribution in [2.45, 2.75) is 19.4 Å². The van der Waals surface area contributed by atoms with Crippen molar-refractivity contribution in [1.29, 1.82) is 0 Å². The summed E-state index contributed by atoms with van der Waals surface area (Å²) in [5, 5.41) is 15.1. The number of carboxylic acids is 1. The molecule has 5 heterocycles. The number of piperidine rings is 1. The standard InChI is InChI=1S/C28H26N6O6S/c35-25-23(41-28(38)33-25)11-19-3-6-30-27(32-19)34-7-4-16(5-8-34)12-29-13-17-9-20(26(36)37)24(31-14-17)18-1-2-21-22(10-18)40-15-39-21/h1-3,6,9-11,14,16,29H,4-5,7-8,12-13,15H2,(H,36,37)(H,33,35,38)/b23-11+. The Labute approximate surface area is 239 Å². The Morgan fingerprint density at radius 3 is 2.76 bits per heavy atom. The number of imide groups is 1. The number of benzene rings is 1. The van der Waals surface area contributed by atoms with Crippen LogP contribution in [0.1, 0.15) is 34.5 Å². The van der Waals surface area contributed by atoms with Gasteiger partial charge >= 0.3 is 5.97 Å². The number of fused-ring (bicyclic) bond motifs is 1. The van der Waals surface area contributed by atoms with E-state index in [0.29, 0.717) is 51.8 Å². The molecule has 3 aliphatic rings. The number of thioether (sulfide) groups is 1. The summed E-state index contributed by atoms with van der Waals surface area (Å²) >= 11 is 0.860. The summed E-state index contributed by atoms with van der Waals surface area (Å²) in [5.41, 5.74) is 2.54. The van der Waals surface area contributed by atoms with Gasteiger partial charge in [-0.2, -0.15) is 0 Å². The van der Waals surface area contributed by atoms with Crippen LogP contribution >= 0.6 is 11.8 Å². The van der Waals surface area contributed by atoms with Gasteiger partial charge in [-0.1, -0.05) is 0 Å². The van der Waals surface area contributed by atoms with Crippen LogP contribution < -0.4 is 25.0 Å². The zero-order valence-corrected chi connectivity index (χ0v) is 22.6. The Kier molecular flexibility index (Phi) is 7.53. The molecule has 6 rings (SSSR count). The summed E-state index contributed by atoms with van der Waals surface area (Å²) < 4.78 is 10.8. The van der Waals surface area contributed by atoms with E-state index in [1.165, 1.54) is 0 Å². The van der Waals surface area contributed by atoms with Gasteiger partial charge < -0.3 is 24.8 Å². The Hall–Kier alpha value is -4.49. The minimum absolute atomic E-state index is 0.133. The van der Waals surface area contributed by atoms with E-state index in [1.807, 2.05) is 0 Å². The summed E-state index contributed by atoms with van der Waals surface area (Å²) in [6.45, 7) is 3.01. The van der Waals surface area contributed by atoms with Crippen molar-refractivity contribution in [2.75, 3.05) is 31.3 Å². The lowest BCUT2D eigenvalue weighted by Gasteiger charge is -2.32. The molecule has 3 aromatic rings. The molecule has 41 heavy (non-hydrogen) atoms. The predicted octanol–water partition coefficient (Wildman–Crippen LogP) is 3.30. The van der Waals surface area contributed by atoms with Gasteiger partial charge in [-0.15, -0.1) is 0 Å². The number of aromatic nitrogens is 3. The second kappa shape index (κ2) is 11.6. The number of nitrogens with one attached hydrogen (secondary N) is 2. The highest BCUT2D eigenvalue weighted by atomic mass is 32.2. The zero-order valence-electron chi connectivity index (χ0n) is 21.8. The number of ether oxygens (including phenoxy) is 2. The number of carboxylic acid groups (broad SMARTS) is 1. The Morgan fingerprint density at radius 2 is 1.98 bits per heavy atom. The van der Waals surface area contributed by atoms with E-state index in [0.717, 1.165) is 49.8 Å². The van der Waals surface area contributed by atoms with Crippen LogP contribution in [0.15, 0.2) is 47.6 Å². The highest BCUT2D eigenvalue weighted by Gasteiger charge is 2.26. The molecule has 12 nitrogen and oxygen atoms in total. The second-order valence-corrected chi connectivity index (χ2v) is 10.8. The van der Waals surface area contributed by atoms with E-state index in [1.54, 1.807) is 48.8 Å². The van der Waals surface area contributed by atoms with Gasteiger partial charge in [0, 0.05) is 37.6 Å². The predicted molar refractivity (Wildman–Crippen MR) is 151 cm³/mol. The highest BCUT2D eigenvalue weighted by molar-refractivity contribution is 8.18. The maximum atomic E-state index is 12.0. The van der Waals surface area contributed by atoms with Crippen molar-refractivity contribution in [3.63, 3.8) is 0 Å². The first-order valence-electron chi connectivity index (χ1n) is 13.1. The van der Waals surface area contributed by atoms with Crippen LogP contribution in [-0.2, 0) is 11.3 Å². The van der Waals surface area contributed by atoms with Crippen LogP contribution in [0, 0.1) is 5.92 Å². The lowest BCUT2D eigenvalue weighted by atomic mass is 9.97. The van der Waals surface area contributed by atoms with Gasteiger partial charge in [-0.05, 0) is 79.0 Å². The summed E-state index contributed by atoms with van der Waals surface area (Å²) in [6, 6.07) is 8.64. The minimum Gasteiger partial charge on any atom is -0.478 e. The lowest BCUT2D eigenvalue weighted by molar-refractivity contribution is -0.115. The minimum atomic E-state index is -1.04. The van der Waals surface area contributed by atoms with Crippen LogP contribution in [0.3, 0.4) is 0 Å². The van der Waals surface area contributed by atoms with Gasteiger partial charge in [0.15, 0.2) is 11.5 Å². The van der Waals surface area contributed by atoms with E-state index < -0.39 is 11.9 Å². The first-order chi connectivity index (χ1) is 19.9. The molecular weight excluding hydrogens is 548 g/mol. The van der Waals surface area contributed by atoms with Crippen LogP contribution in [0.4, 0.5) is 10.7 Å². The SMILES string of the molecule is O=C1NC(=O)/C(=C\c2ccnc(N3CCC(CNCc4cnc(-c5ccc6c(c5)OCO6)c(C(=O)O)c4)CC3)n2)S1. The fraction of sp³-hybridized carbons (Fsp3) is 0.286. The third-order valence-electron chi connectivity index (χ3n) is 7.07. The Balaban J connectivity index is 1.02. The number of carbonyl (C=O) groups excluding carboxylic acids is 2. The molecule has 2 amide bonds. The van der Waals surface area contributed by atoms with E-state index in [4.69, 9.17) is 9.47 Å². The second-order valence-electron chi connectivity index (χ2n) is 9.81. The molecule has 2 saturated heterocycles. The fourth-order valence-corrected chi connectivity index (χ4v) is 5.62. The number of rotatable bonds is 8. The number of amides is 2.